The van der Waals surface area contributed by atoms with E-state index in [-0.39, 0.29) is 11.9 Å². The number of aliphatic imine (C=N–C) groups is 1. The first-order chi connectivity index (χ1) is 13.1. The van der Waals surface area contributed by atoms with Crippen molar-refractivity contribution < 1.29 is 9.59 Å². The van der Waals surface area contributed by atoms with Gasteiger partial charge >= 0.3 is 6.03 Å². The number of benzene rings is 1. The van der Waals surface area contributed by atoms with Gasteiger partial charge < -0.3 is 19.6 Å². The smallest absolute Gasteiger partial charge is 0.325 e. The number of piperazine rings is 1. The van der Waals surface area contributed by atoms with E-state index in [1.807, 2.05) is 18.2 Å². The monoisotopic (exact) mass is 370 g/mol. The molecule has 3 aliphatic heterocycles. The molecule has 0 spiro atoms. The van der Waals surface area contributed by atoms with Crippen molar-refractivity contribution in [2.24, 2.45) is 4.99 Å². The summed E-state index contributed by atoms with van der Waals surface area (Å²) in [5, 5.41) is 2.46. The van der Waals surface area contributed by atoms with E-state index in [2.05, 4.69) is 39.1 Å². The summed E-state index contributed by atoms with van der Waals surface area (Å²) in [5.74, 6) is 0.547. The van der Waals surface area contributed by atoms with Gasteiger partial charge in [-0.15, -0.1) is 0 Å². The maximum absolute atomic E-state index is 12.7. The van der Waals surface area contributed by atoms with Crippen LogP contribution < -0.4 is 5.32 Å². The number of rotatable bonds is 3. The van der Waals surface area contributed by atoms with Gasteiger partial charge in [-0.25, -0.2) is 9.79 Å². The van der Waals surface area contributed by atoms with Crippen molar-refractivity contribution in [2.75, 3.05) is 39.8 Å². The third-order valence-corrected chi connectivity index (χ3v) is 5.64. The number of likely N-dealkylation sites (N-methyl/N-ethyl adjacent to an activating group) is 2. The van der Waals surface area contributed by atoms with Crippen LogP contribution in [0.4, 0.5) is 4.79 Å². The molecule has 8 nitrogen and oxygen atoms in total. The molecule has 0 bridgehead atoms. The Labute approximate surface area is 159 Å². The minimum atomic E-state index is -0.493. The van der Waals surface area contributed by atoms with Gasteiger partial charge in [0.05, 0.1) is 0 Å². The molecule has 0 aliphatic carbocycles. The van der Waals surface area contributed by atoms with Gasteiger partial charge in [-0.05, 0) is 12.1 Å². The topological polar surface area (TPSA) is 71.5 Å². The van der Waals surface area contributed by atoms with E-state index in [9.17, 15) is 9.59 Å². The molecule has 0 radical (unpaired) electrons. The summed E-state index contributed by atoms with van der Waals surface area (Å²) < 4.78 is 0. The van der Waals surface area contributed by atoms with Gasteiger partial charge in [-0.1, -0.05) is 37.3 Å². The van der Waals surface area contributed by atoms with Gasteiger partial charge in [0.2, 0.25) is 0 Å². The maximum Gasteiger partial charge on any atom is 0.325 e. The lowest BCUT2D eigenvalue weighted by Crippen LogP contribution is -2.64. The quantitative estimate of drug-likeness (QED) is 0.833. The number of urea groups is 1. The number of amides is 3. The van der Waals surface area contributed by atoms with Gasteiger partial charge in [0.1, 0.15) is 0 Å². The first-order valence-corrected chi connectivity index (χ1v) is 9.52. The molecule has 2 fully saturated rings. The summed E-state index contributed by atoms with van der Waals surface area (Å²) in [6.45, 7) is 7.50. The minimum Gasteiger partial charge on any atom is -0.340 e. The van der Waals surface area contributed by atoms with E-state index >= 15 is 0 Å². The van der Waals surface area contributed by atoms with Crippen LogP contribution in [0.2, 0.25) is 0 Å². The Bertz CT molecular complexity index is 744. The van der Waals surface area contributed by atoms with E-state index < -0.39 is 12.2 Å². The Morgan fingerprint density at radius 2 is 1.81 bits per heavy atom. The fourth-order valence-corrected chi connectivity index (χ4v) is 3.99. The van der Waals surface area contributed by atoms with Crippen LogP contribution in [0.5, 0.6) is 0 Å². The van der Waals surface area contributed by atoms with Crippen molar-refractivity contribution in [3.63, 3.8) is 0 Å². The number of hydrogen-bond donors (Lipinski definition) is 1. The molecule has 2 unspecified atom stereocenters. The zero-order valence-corrected chi connectivity index (χ0v) is 15.8. The summed E-state index contributed by atoms with van der Waals surface area (Å²) in [5.41, 5.74) is 1.12. The lowest BCUT2D eigenvalue weighted by molar-refractivity contribution is -0.127. The highest BCUT2D eigenvalue weighted by Crippen LogP contribution is 2.27. The van der Waals surface area contributed by atoms with E-state index in [4.69, 9.17) is 4.99 Å². The van der Waals surface area contributed by atoms with Gasteiger partial charge in [-0.3, -0.25) is 10.1 Å². The second-order valence-corrected chi connectivity index (χ2v) is 7.23. The maximum atomic E-state index is 12.7. The normalized spacial score (nSPS) is 26.1. The molecule has 1 aromatic carbocycles. The summed E-state index contributed by atoms with van der Waals surface area (Å²) >= 11 is 0. The number of hydrogen-bond acceptors (Lipinski definition) is 6. The SMILES string of the molecule is CCN1CCN(C2=NC3C(C(=O)NC(=O)N3C)N2Cc2ccccc2)CC1. The fourth-order valence-electron chi connectivity index (χ4n) is 3.99. The van der Waals surface area contributed by atoms with Crippen LogP contribution in [-0.4, -0.2) is 89.5 Å². The Hall–Kier alpha value is -2.61. The number of carbonyl (C=O) groups is 2. The lowest BCUT2D eigenvalue weighted by atomic mass is 10.1. The minimum absolute atomic E-state index is 0.273. The van der Waals surface area contributed by atoms with Crippen LogP contribution in [0.15, 0.2) is 35.3 Å². The number of imide groups is 1. The van der Waals surface area contributed by atoms with Gasteiger partial charge in [0, 0.05) is 39.8 Å². The zero-order chi connectivity index (χ0) is 19.0. The molecule has 27 heavy (non-hydrogen) atoms. The van der Waals surface area contributed by atoms with Crippen LogP contribution in [0.25, 0.3) is 0 Å². The molecule has 144 valence electrons. The van der Waals surface area contributed by atoms with Crippen LogP contribution in [0.3, 0.4) is 0 Å². The van der Waals surface area contributed by atoms with Crippen molar-refractivity contribution in [3.8, 4) is 0 Å². The highest BCUT2D eigenvalue weighted by molar-refractivity contribution is 6.03. The Balaban J connectivity index is 1.63. The molecule has 0 saturated carbocycles. The molecule has 1 aromatic rings. The molecule has 2 atom stereocenters. The lowest BCUT2D eigenvalue weighted by Gasteiger charge is -2.40. The molecule has 8 heteroatoms. The van der Waals surface area contributed by atoms with Crippen molar-refractivity contribution in [1.29, 1.82) is 0 Å². The predicted octanol–water partition coefficient (Wildman–Crippen LogP) is 0.372. The summed E-state index contributed by atoms with van der Waals surface area (Å²) in [7, 11) is 1.70. The third kappa shape index (κ3) is 3.25. The first kappa shape index (κ1) is 17.8. The van der Waals surface area contributed by atoms with Crippen molar-refractivity contribution in [1.82, 2.24) is 24.9 Å². The van der Waals surface area contributed by atoms with Crippen LogP contribution in [-0.2, 0) is 11.3 Å². The summed E-state index contributed by atoms with van der Waals surface area (Å²) in [4.78, 5) is 37.8. The van der Waals surface area contributed by atoms with Crippen molar-refractivity contribution in [3.05, 3.63) is 35.9 Å². The average Bonchev–Trinajstić information content (AvgIpc) is 3.07. The van der Waals surface area contributed by atoms with Gasteiger partial charge in [0.15, 0.2) is 18.2 Å². The highest BCUT2D eigenvalue weighted by atomic mass is 16.2. The van der Waals surface area contributed by atoms with Crippen molar-refractivity contribution in [2.45, 2.75) is 25.7 Å². The first-order valence-electron chi connectivity index (χ1n) is 9.52. The molecule has 4 rings (SSSR count). The summed E-state index contributed by atoms with van der Waals surface area (Å²) in [6.07, 6.45) is -0.478. The second kappa shape index (κ2) is 7.19. The Kier molecular flexibility index (Phi) is 4.73. The van der Waals surface area contributed by atoms with Gasteiger partial charge in [-0.2, -0.15) is 0 Å². The van der Waals surface area contributed by atoms with Gasteiger partial charge in [0.25, 0.3) is 5.91 Å². The number of carbonyl (C=O) groups excluding carboxylic acids is 2. The number of nitrogens with zero attached hydrogens (tertiary/aromatic N) is 5. The van der Waals surface area contributed by atoms with Crippen LogP contribution >= 0.6 is 0 Å². The van der Waals surface area contributed by atoms with Crippen molar-refractivity contribution >= 4 is 17.9 Å². The van der Waals surface area contributed by atoms with Crippen LogP contribution in [0, 0.1) is 0 Å². The Morgan fingerprint density at radius 3 is 2.48 bits per heavy atom. The van der Waals surface area contributed by atoms with E-state index in [0.717, 1.165) is 44.2 Å². The molecule has 3 heterocycles. The summed E-state index contributed by atoms with van der Waals surface area (Å²) in [6, 6.07) is 9.20. The average molecular weight is 370 g/mol. The molecular formula is C19H26N6O2. The highest BCUT2D eigenvalue weighted by Gasteiger charge is 2.49. The fraction of sp³-hybridized carbons (Fsp3) is 0.526. The van der Waals surface area contributed by atoms with E-state index in [1.165, 1.54) is 4.90 Å². The molecule has 0 aromatic heterocycles. The zero-order valence-electron chi connectivity index (χ0n) is 15.8. The number of guanidine groups is 1. The molecular weight excluding hydrogens is 344 g/mol. The molecule has 3 amide bonds. The third-order valence-electron chi connectivity index (χ3n) is 5.64. The number of nitrogens with one attached hydrogen (secondary N) is 1. The molecule has 2 saturated heterocycles. The van der Waals surface area contributed by atoms with Crippen LogP contribution in [0.1, 0.15) is 12.5 Å². The van der Waals surface area contributed by atoms with E-state index in [0.29, 0.717) is 6.54 Å². The molecule has 3 aliphatic rings. The standard InChI is InChI=1S/C19H26N6O2/c1-3-23-9-11-24(12-10-23)18-20-16-15(17(26)21-19(27)22(16)2)25(18)13-14-7-5-4-6-8-14/h4-8,15-16H,3,9-13H2,1-2H3,(H,21,26,27). The predicted molar refractivity (Wildman–Crippen MR) is 102 cm³/mol. The largest absolute Gasteiger partial charge is 0.340 e. The van der Waals surface area contributed by atoms with E-state index in [1.54, 1.807) is 7.05 Å². The molecule has 1 N–H and O–H groups in total. The number of fused-ring (bicyclic) bond motifs is 1. The second-order valence-electron chi connectivity index (χ2n) is 7.23. The Morgan fingerprint density at radius 1 is 1.11 bits per heavy atom.